The normalized spacial score (nSPS) is 18.9. The molecule has 6 nitrogen and oxygen atoms in total. The molecule has 0 heterocycles. The van der Waals surface area contributed by atoms with Crippen molar-refractivity contribution >= 4 is 20.0 Å². The predicted molar refractivity (Wildman–Crippen MR) is 91.6 cm³/mol. The van der Waals surface area contributed by atoms with Crippen LogP contribution >= 0.6 is 0 Å². The van der Waals surface area contributed by atoms with Crippen LogP contribution in [0, 0.1) is 5.92 Å². The molecule has 0 unspecified atom stereocenters. The van der Waals surface area contributed by atoms with Crippen LogP contribution in [0.5, 0.6) is 0 Å². The van der Waals surface area contributed by atoms with E-state index in [1.165, 1.54) is 28.6 Å². The molecule has 2 saturated carbocycles. The van der Waals surface area contributed by atoms with E-state index in [0.717, 1.165) is 32.1 Å². The highest BCUT2D eigenvalue weighted by Gasteiger charge is 2.32. The van der Waals surface area contributed by atoms with Crippen molar-refractivity contribution in [1.82, 2.24) is 9.03 Å². The van der Waals surface area contributed by atoms with E-state index >= 15 is 0 Å². The summed E-state index contributed by atoms with van der Waals surface area (Å²) in [5.41, 5.74) is 0. The second kappa shape index (κ2) is 6.74. The van der Waals surface area contributed by atoms with Gasteiger partial charge in [-0.3, -0.25) is 0 Å². The Morgan fingerprint density at radius 3 is 2.08 bits per heavy atom. The molecule has 2 aliphatic carbocycles. The molecule has 1 N–H and O–H groups in total. The highest BCUT2D eigenvalue weighted by molar-refractivity contribution is 7.89. The topological polar surface area (TPSA) is 83.6 Å². The van der Waals surface area contributed by atoms with Crippen LogP contribution in [-0.4, -0.2) is 40.3 Å². The van der Waals surface area contributed by atoms with Gasteiger partial charge in [0, 0.05) is 19.1 Å². The van der Waals surface area contributed by atoms with Crippen molar-refractivity contribution in [3.8, 4) is 0 Å². The zero-order valence-electron chi connectivity index (χ0n) is 13.8. The number of benzene rings is 1. The molecule has 134 valence electrons. The fourth-order valence-electron chi connectivity index (χ4n) is 2.58. The average molecular weight is 373 g/mol. The number of hydrogen-bond acceptors (Lipinski definition) is 4. The Bertz CT molecular complexity index is 780. The first-order valence-corrected chi connectivity index (χ1v) is 11.4. The summed E-state index contributed by atoms with van der Waals surface area (Å²) in [6, 6.07) is 5.56. The Hall–Kier alpha value is -0.960. The van der Waals surface area contributed by atoms with Gasteiger partial charge in [0.15, 0.2) is 0 Å². The Morgan fingerprint density at radius 2 is 1.58 bits per heavy atom. The van der Waals surface area contributed by atoms with Crippen molar-refractivity contribution < 1.29 is 16.8 Å². The van der Waals surface area contributed by atoms with Gasteiger partial charge in [-0.1, -0.05) is 6.92 Å². The van der Waals surface area contributed by atoms with Gasteiger partial charge in [-0.25, -0.2) is 21.6 Å². The molecular weight excluding hydrogens is 348 g/mol. The summed E-state index contributed by atoms with van der Waals surface area (Å²) in [5, 5.41) is 0. The molecule has 0 bridgehead atoms. The van der Waals surface area contributed by atoms with Gasteiger partial charge in [-0.05, 0) is 62.3 Å². The third-order valence-electron chi connectivity index (χ3n) is 4.30. The molecule has 0 aliphatic heterocycles. The van der Waals surface area contributed by atoms with Crippen molar-refractivity contribution in [3.63, 3.8) is 0 Å². The molecule has 2 aliphatic rings. The molecular formula is C16H24N2O4S2. The number of hydrogen-bond donors (Lipinski definition) is 1. The lowest BCUT2D eigenvalue weighted by molar-refractivity contribution is 0.395. The number of rotatable bonds is 9. The van der Waals surface area contributed by atoms with Crippen molar-refractivity contribution in [2.24, 2.45) is 5.92 Å². The third kappa shape index (κ3) is 4.17. The van der Waals surface area contributed by atoms with Crippen LogP contribution in [0.1, 0.15) is 39.0 Å². The maximum Gasteiger partial charge on any atom is 0.243 e. The molecule has 0 spiro atoms. The van der Waals surface area contributed by atoms with Gasteiger partial charge in [-0.2, -0.15) is 4.31 Å². The quantitative estimate of drug-likeness (QED) is 0.718. The van der Waals surface area contributed by atoms with Crippen molar-refractivity contribution in [1.29, 1.82) is 0 Å². The van der Waals surface area contributed by atoms with Gasteiger partial charge >= 0.3 is 0 Å². The standard InChI is InChI=1S/C16H24N2O4S2/c1-2-11-18(12-13-3-4-13)24(21,22)16-9-7-15(8-10-16)23(19,20)17-14-5-6-14/h7-10,13-14,17H,2-6,11-12H2,1H3. The fourth-order valence-corrected chi connectivity index (χ4v) is 5.49. The van der Waals surface area contributed by atoms with Crippen LogP contribution in [0.15, 0.2) is 34.1 Å². The minimum atomic E-state index is -3.57. The highest BCUT2D eigenvalue weighted by Crippen LogP contribution is 2.32. The van der Waals surface area contributed by atoms with Crippen LogP contribution in [-0.2, 0) is 20.0 Å². The lowest BCUT2D eigenvalue weighted by Gasteiger charge is -2.21. The minimum Gasteiger partial charge on any atom is -0.208 e. The monoisotopic (exact) mass is 372 g/mol. The van der Waals surface area contributed by atoms with Crippen LogP contribution in [0.3, 0.4) is 0 Å². The summed E-state index contributed by atoms with van der Waals surface area (Å²) in [7, 11) is -7.13. The maximum atomic E-state index is 12.8. The van der Waals surface area contributed by atoms with Crippen LogP contribution < -0.4 is 4.72 Å². The summed E-state index contributed by atoms with van der Waals surface area (Å²) < 4.78 is 54.0. The molecule has 24 heavy (non-hydrogen) atoms. The second-order valence-corrected chi connectivity index (χ2v) is 10.3. The van der Waals surface area contributed by atoms with E-state index in [2.05, 4.69) is 4.72 Å². The van der Waals surface area contributed by atoms with E-state index in [4.69, 9.17) is 0 Å². The van der Waals surface area contributed by atoms with Crippen molar-refractivity contribution in [2.75, 3.05) is 13.1 Å². The van der Waals surface area contributed by atoms with Gasteiger partial charge in [-0.15, -0.1) is 0 Å². The van der Waals surface area contributed by atoms with Gasteiger partial charge in [0.25, 0.3) is 0 Å². The van der Waals surface area contributed by atoms with Crippen LogP contribution in [0.4, 0.5) is 0 Å². The fraction of sp³-hybridized carbons (Fsp3) is 0.625. The zero-order valence-corrected chi connectivity index (χ0v) is 15.4. The molecule has 3 rings (SSSR count). The largest absolute Gasteiger partial charge is 0.243 e. The van der Waals surface area contributed by atoms with Gasteiger partial charge in [0.2, 0.25) is 20.0 Å². The van der Waals surface area contributed by atoms with Crippen molar-refractivity contribution in [3.05, 3.63) is 24.3 Å². The SMILES string of the molecule is CCCN(CC1CC1)S(=O)(=O)c1ccc(S(=O)(=O)NC2CC2)cc1. The van der Waals surface area contributed by atoms with Crippen LogP contribution in [0.2, 0.25) is 0 Å². The van der Waals surface area contributed by atoms with E-state index in [9.17, 15) is 16.8 Å². The Balaban J connectivity index is 1.79. The number of nitrogens with zero attached hydrogens (tertiary/aromatic N) is 1. The second-order valence-electron chi connectivity index (χ2n) is 6.67. The Kier molecular flexibility index (Phi) is 5.01. The summed E-state index contributed by atoms with van der Waals surface area (Å²) >= 11 is 0. The third-order valence-corrected chi connectivity index (χ3v) is 7.72. The van der Waals surface area contributed by atoms with Crippen LogP contribution in [0.25, 0.3) is 0 Å². The van der Waals surface area contributed by atoms with E-state index < -0.39 is 20.0 Å². The molecule has 1 aromatic rings. The molecule has 2 fully saturated rings. The van der Waals surface area contributed by atoms with Crippen molar-refractivity contribution in [2.45, 2.75) is 54.9 Å². The molecule has 0 saturated heterocycles. The zero-order chi connectivity index (χ0) is 17.4. The molecule has 0 radical (unpaired) electrons. The van der Waals surface area contributed by atoms with E-state index in [1.807, 2.05) is 6.92 Å². The van der Waals surface area contributed by atoms with E-state index in [0.29, 0.717) is 19.0 Å². The summed E-state index contributed by atoms with van der Waals surface area (Å²) in [6.07, 6.45) is 4.64. The number of nitrogens with one attached hydrogen (secondary N) is 1. The van der Waals surface area contributed by atoms with E-state index in [1.54, 1.807) is 0 Å². The van der Waals surface area contributed by atoms with E-state index in [-0.39, 0.29) is 15.8 Å². The summed E-state index contributed by atoms with van der Waals surface area (Å²) in [5.74, 6) is 0.466. The minimum absolute atomic E-state index is 0.0250. The maximum absolute atomic E-state index is 12.8. The Morgan fingerprint density at radius 1 is 1.00 bits per heavy atom. The molecule has 0 aromatic heterocycles. The Labute approximate surface area is 144 Å². The highest BCUT2D eigenvalue weighted by atomic mass is 32.2. The van der Waals surface area contributed by atoms with Gasteiger partial charge in [0.1, 0.15) is 0 Å². The van der Waals surface area contributed by atoms with Gasteiger partial charge in [0.05, 0.1) is 9.79 Å². The molecule has 8 heteroatoms. The smallest absolute Gasteiger partial charge is 0.208 e. The lowest BCUT2D eigenvalue weighted by atomic mass is 10.4. The first kappa shape index (κ1) is 17.8. The average Bonchev–Trinajstić information content (AvgIpc) is 3.43. The lowest BCUT2D eigenvalue weighted by Crippen LogP contribution is -2.33. The first-order valence-electron chi connectivity index (χ1n) is 8.45. The summed E-state index contributed by atoms with van der Waals surface area (Å²) in [6.45, 7) is 3.00. The number of sulfonamides is 2. The molecule has 1 aromatic carbocycles. The first-order chi connectivity index (χ1) is 11.3. The summed E-state index contributed by atoms with van der Waals surface area (Å²) in [4.78, 5) is 0.263. The molecule has 0 atom stereocenters. The van der Waals surface area contributed by atoms with Gasteiger partial charge < -0.3 is 0 Å². The molecule has 0 amide bonds. The predicted octanol–water partition coefficient (Wildman–Crippen LogP) is 1.94.